The number of hydrogen-bond donors (Lipinski definition) is 1. The Labute approximate surface area is 129 Å². The van der Waals surface area contributed by atoms with Crippen LogP contribution in [-0.2, 0) is 0 Å². The fraction of sp³-hybridized carbons (Fsp3) is 0.143. The zero-order valence-corrected chi connectivity index (χ0v) is 13.0. The summed E-state index contributed by atoms with van der Waals surface area (Å²) in [6.45, 7) is 3.61. The first-order chi connectivity index (χ1) is 9.88. The molecule has 21 heavy (non-hydrogen) atoms. The molecule has 1 N–H and O–H groups in total. The maximum Gasteiger partial charge on any atom is 0.293 e. The summed E-state index contributed by atoms with van der Waals surface area (Å²) in [6, 6.07) is 6.26. The minimum absolute atomic E-state index is 0.128. The van der Waals surface area contributed by atoms with E-state index in [1.165, 1.54) is 12.3 Å². The average Bonchev–Trinajstić information content (AvgIpc) is 2.43. The third kappa shape index (κ3) is 3.43. The highest BCUT2D eigenvalue weighted by Gasteiger charge is 2.18. The van der Waals surface area contributed by atoms with E-state index in [1.807, 2.05) is 6.92 Å². The van der Waals surface area contributed by atoms with Crippen LogP contribution in [0.15, 0.2) is 35.1 Å². The van der Waals surface area contributed by atoms with Gasteiger partial charge in [0.15, 0.2) is 0 Å². The van der Waals surface area contributed by atoms with Gasteiger partial charge in [-0.15, -0.1) is 0 Å². The van der Waals surface area contributed by atoms with Crippen LogP contribution in [0.25, 0.3) is 0 Å². The van der Waals surface area contributed by atoms with Gasteiger partial charge in [-0.05, 0) is 59.1 Å². The molecule has 0 spiro atoms. The molecule has 0 unspecified atom stereocenters. The van der Waals surface area contributed by atoms with Crippen molar-refractivity contribution in [1.29, 1.82) is 0 Å². The maximum absolute atomic E-state index is 12.1. The largest absolute Gasteiger partial charge is 0.316 e. The Balaban J connectivity index is 2.34. The number of anilines is 1. The van der Waals surface area contributed by atoms with Crippen LogP contribution in [0, 0.1) is 24.0 Å². The normalized spacial score (nSPS) is 10.2. The number of benzene rings is 1. The first kappa shape index (κ1) is 15.1. The molecule has 1 heterocycles. The topological polar surface area (TPSA) is 85.1 Å². The van der Waals surface area contributed by atoms with Gasteiger partial charge >= 0.3 is 0 Å². The van der Waals surface area contributed by atoms with Gasteiger partial charge in [-0.1, -0.05) is 0 Å². The summed E-state index contributed by atoms with van der Waals surface area (Å²) in [5.74, 6) is -0.443. The number of rotatable bonds is 3. The van der Waals surface area contributed by atoms with Crippen LogP contribution in [0.3, 0.4) is 0 Å². The summed E-state index contributed by atoms with van der Waals surface area (Å²) in [4.78, 5) is 26.6. The summed E-state index contributed by atoms with van der Waals surface area (Å²) >= 11 is 3.18. The molecule has 0 aliphatic heterocycles. The highest BCUT2D eigenvalue weighted by atomic mass is 79.9. The van der Waals surface area contributed by atoms with E-state index in [9.17, 15) is 14.9 Å². The SMILES string of the molecule is Cc1cc(NC(=O)c2ccc(Br)nc2)c([N+](=O)[O-])cc1C. The molecule has 0 aliphatic carbocycles. The molecule has 108 valence electrons. The molecule has 2 rings (SSSR count). The van der Waals surface area contributed by atoms with E-state index < -0.39 is 10.8 Å². The predicted octanol–water partition coefficient (Wildman–Crippen LogP) is 3.62. The number of aryl methyl sites for hydroxylation is 2. The molecule has 0 saturated heterocycles. The summed E-state index contributed by atoms with van der Waals surface area (Å²) in [7, 11) is 0. The van der Waals surface area contributed by atoms with Crippen molar-refractivity contribution in [1.82, 2.24) is 4.98 Å². The number of halogens is 1. The van der Waals surface area contributed by atoms with Crippen molar-refractivity contribution < 1.29 is 9.72 Å². The molecule has 0 fully saturated rings. The van der Waals surface area contributed by atoms with Crippen molar-refractivity contribution in [3.63, 3.8) is 0 Å². The van der Waals surface area contributed by atoms with E-state index in [4.69, 9.17) is 0 Å². The van der Waals surface area contributed by atoms with Gasteiger partial charge in [0.2, 0.25) is 0 Å². The lowest BCUT2D eigenvalue weighted by Gasteiger charge is -2.08. The van der Waals surface area contributed by atoms with Crippen molar-refractivity contribution in [2.75, 3.05) is 5.32 Å². The first-order valence-electron chi connectivity index (χ1n) is 6.07. The lowest BCUT2D eigenvalue weighted by atomic mass is 10.1. The van der Waals surface area contributed by atoms with Gasteiger partial charge in [0.05, 0.1) is 10.5 Å². The van der Waals surface area contributed by atoms with Crippen LogP contribution >= 0.6 is 15.9 Å². The molecule has 0 saturated carbocycles. The van der Waals surface area contributed by atoms with Gasteiger partial charge in [0.1, 0.15) is 10.3 Å². The molecule has 2 aromatic rings. The van der Waals surface area contributed by atoms with Crippen LogP contribution in [0.1, 0.15) is 21.5 Å². The van der Waals surface area contributed by atoms with Gasteiger partial charge in [-0.2, -0.15) is 0 Å². The number of carbonyl (C=O) groups is 1. The highest BCUT2D eigenvalue weighted by Crippen LogP contribution is 2.28. The second kappa shape index (κ2) is 6.01. The number of pyridine rings is 1. The van der Waals surface area contributed by atoms with Crippen LogP contribution in [0.5, 0.6) is 0 Å². The average molecular weight is 350 g/mol. The lowest BCUT2D eigenvalue weighted by molar-refractivity contribution is -0.384. The minimum Gasteiger partial charge on any atom is -0.316 e. The van der Waals surface area contributed by atoms with Crippen LogP contribution in [0.2, 0.25) is 0 Å². The van der Waals surface area contributed by atoms with E-state index in [0.29, 0.717) is 10.2 Å². The number of carbonyl (C=O) groups excluding carboxylic acids is 1. The molecule has 1 amide bonds. The Kier molecular flexibility index (Phi) is 4.32. The van der Waals surface area contributed by atoms with Crippen molar-refractivity contribution in [3.8, 4) is 0 Å². The number of nitrogens with one attached hydrogen (secondary N) is 1. The number of nitro benzene ring substituents is 1. The van der Waals surface area contributed by atoms with Crippen LogP contribution in [0.4, 0.5) is 11.4 Å². The highest BCUT2D eigenvalue weighted by molar-refractivity contribution is 9.10. The molecule has 7 heteroatoms. The molecule has 1 aromatic carbocycles. The number of nitrogens with zero attached hydrogens (tertiary/aromatic N) is 2. The molecule has 0 radical (unpaired) electrons. The Bertz CT molecular complexity index is 714. The van der Waals surface area contributed by atoms with Crippen molar-refractivity contribution >= 4 is 33.2 Å². The summed E-state index contributed by atoms with van der Waals surface area (Å²) < 4.78 is 0.608. The fourth-order valence-electron chi connectivity index (χ4n) is 1.76. The van der Waals surface area contributed by atoms with E-state index in [0.717, 1.165) is 11.1 Å². The molecular formula is C14H12BrN3O3. The van der Waals surface area contributed by atoms with E-state index in [-0.39, 0.29) is 11.4 Å². The fourth-order valence-corrected chi connectivity index (χ4v) is 1.99. The second-order valence-electron chi connectivity index (χ2n) is 4.53. The second-order valence-corrected chi connectivity index (χ2v) is 5.35. The maximum atomic E-state index is 12.1. The summed E-state index contributed by atoms with van der Waals surface area (Å²) in [5.41, 5.74) is 2.04. The van der Waals surface area contributed by atoms with Gasteiger partial charge < -0.3 is 5.32 Å². The van der Waals surface area contributed by atoms with Crippen molar-refractivity contribution in [3.05, 3.63) is 61.9 Å². The monoisotopic (exact) mass is 349 g/mol. The Morgan fingerprint density at radius 3 is 2.52 bits per heavy atom. The molecule has 0 atom stereocenters. The van der Waals surface area contributed by atoms with E-state index >= 15 is 0 Å². The van der Waals surface area contributed by atoms with Gasteiger partial charge in [0, 0.05) is 12.3 Å². The zero-order valence-electron chi connectivity index (χ0n) is 11.4. The van der Waals surface area contributed by atoms with Crippen molar-refractivity contribution in [2.24, 2.45) is 0 Å². The molecule has 6 nitrogen and oxygen atoms in total. The van der Waals surface area contributed by atoms with Crippen LogP contribution in [-0.4, -0.2) is 15.8 Å². The standard InChI is InChI=1S/C14H12BrN3O3/c1-8-5-11(12(18(20)21)6-9(8)2)17-14(19)10-3-4-13(15)16-7-10/h3-7H,1-2H3,(H,17,19). The first-order valence-corrected chi connectivity index (χ1v) is 6.86. The van der Waals surface area contributed by atoms with Crippen LogP contribution < -0.4 is 5.32 Å². The van der Waals surface area contributed by atoms with E-state index in [2.05, 4.69) is 26.2 Å². The van der Waals surface area contributed by atoms with Crippen molar-refractivity contribution in [2.45, 2.75) is 13.8 Å². The van der Waals surface area contributed by atoms with Gasteiger partial charge in [-0.25, -0.2) is 4.98 Å². The van der Waals surface area contributed by atoms with E-state index in [1.54, 1.807) is 25.1 Å². The molecular weight excluding hydrogens is 338 g/mol. The predicted molar refractivity (Wildman–Crippen MR) is 82.5 cm³/mol. The number of hydrogen-bond acceptors (Lipinski definition) is 4. The van der Waals surface area contributed by atoms with Gasteiger partial charge in [0.25, 0.3) is 11.6 Å². The molecule has 0 bridgehead atoms. The molecule has 0 aliphatic rings. The third-order valence-electron chi connectivity index (χ3n) is 3.05. The zero-order chi connectivity index (χ0) is 15.6. The molecule has 1 aromatic heterocycles. The number of nitro groups is 1. The smallest absolute Gasteiger partial charge is 0.293 e. The summed E-state index contributed by atoms with van der Waals surface area (Å²) in [5, 5.41) is 13.6. The third-order valence-corrected chi connectivity index (χ3v) is 3.52. The number of aromatic nitrogens is 1. The summed E-state index contributed by atoms with van der Waals surface area (Å²) in [6.07, 6.45) is 1.40. The Morgan fingerprint density at radius 1 is 1.29 bits per heavy atom. The lowest BCUT2D eigenvalue weighted by Crippen LogP contribution is -2.13. The Morgan fingerprint density at radius 2 is 1.95 bits per heavy atom. The van der Waals surface area contributed by atoms with Gasteiger partial charge in [-0.3, -0.25) is 14.9 Å². The minimum atomic E-state index is -0.512. The Hall–Kier alpha value is -2.28. The number of amides is 1. The quantitative estimate of drug-likeness (QED) is 0.520.